The van der Waals surface area contributed by atoms with Gasteiger partial charge in [0.05, 0.1) is 27.7 Å². The second kappa shape index (κ2) is 10.8. The van der Waals surface area contributed by atoms with Gasteiger partial charge < -0.3 is 18.9 Å². The highest BCUT2D eigenvalue weighted by molar-refractivity contribution is 7.47. The summed E-state index contributed by atoms with van der Waals surface area (Å²) in [5, 5.41) is 0. The van der Waals surface area contributed by atoms with Crippen LogP contribution in [0.5, 0.6) is 0 Å². The number of esters is 2. The molecule has 0 aromatic heterocycles. The first-order valence-electron chi connectivity index (χ1n) is 7.70. The van der Waals surface area contributed by atoms with Crippen molar-refractivity contribution in [3.63, 3.8) is 0 Å². The summed E-state index contributed by atoms with van der Waals surface area (Å²) in [5.74, 6) is -1.06. The van der Waals surface area contributed by atoms with E-state index in [-0.39, 0.29) is 19.6 Å². The lowest BCUT2D eigenvalue weighted by molar-refractivity contribution is -0.870. The molecule has 9 nitrogen and oxygen atoms in total. The Bertz CT molecular complexity index is 449. The first-order chi connectivity index (χ1) is 10.9. The van der Waals surface area contributed by atoms with Gasteiger partial charge in [0.25, 0.3) is 0 Å². The van der Waals surface area contributed by atoms with Gasteiger partial charge in [-0.3, -0.25) is 18.6 Å². The summed E-state index contributed by atoms with van der Waals surface area (Å²) in [6.45, 7) is 2.88. The molecule has 2 unspecified atom stereocenters. The molecule has 0 amide bonds. The predicted molar refractivity (Wildman–Crippen MR) is 86.0 cm³/mol. The summed E-state index contributed by atoms with van der Waals surface area (Å²) in [6, 6.07) is 0. The summed E-state index contributed by atoms with van der Waals surface area (Å²) < 4.78 is 31.9. The van der Waals surface area contributed by atoms with E-state index in [0.717, 1.165) is 0 Å². The van der Waals surface area contributed by atoms with Gasteiger partial charge in [-0.2, -0.15) is 0 Å². The van der Waals surface area contributed by atoms with E-state index >= 15 is 0 Å². The van der Waals surface area contributed by atoms with Crippen LogP contribution in [0.2, 0.25) is 0 Å². The summed E-state index contributed by atoms with van der Waals surface area (Å²) in [7, 11) is 1.45. The second-order valence-corrected chi connectivity index (χ2v) is 7.73. The maximum Gasteiger partial charge on any atom is 0.472 e. The molecule has 0 fully saturated rings. The van der Waals surface area contributed by atoms with Crippen molar-refractivity contribution >= 4 is 19.8 Å². The fraction of sp³-hybridized carbons (Fsp3) is 0.857. The van der Waals surface area contributed by atoms with Crippen LogP contribution in [0.15, 0.2) is 0 Å². The first-order valence-corrected chi connectivity index (χ1v) is 9.20. The molecule has 0 bridgehead atoms. The van der Waals surface area contributed by atoms with E-state index in [9.17, 15) is 19.0 Å². The molecular weight excluding hydrogens is 341 g/mol. The lowest BCUT2D eigenvalue weighted by atomic mass is 10.3. The van der Waals surface area contributed by atoms with Gasteiger partial charge in [0, 0.05) is 13.3 Å². The average Bonchev–Trinajstić information content (AvgIpc) is 2.40. The summed E-state index contributed by atoms with van der Waals surface area (Å²) in [6.07, 6.45) is -0.199. The normalized spacial score (nSPS) is 15.4. The molecule has 0 aliphatic rings. The molecule has 0 saturated carbocycles. The Morgan fingerprint density at radius 3 is 2.29 bits per heavy atom. The number of hydrogen-bond donors (Lipinski definition) is 1. The maximum absolute atomic E-state index is 11.8. The molecule has 0 rings (SSSR count). The van der Waals surface area contributed by atoms with Crippen molar-refractivity contribution in [2.75, 3.05) is 47.5 Å². The number of hydrogen-bond acceptors (Lipinski definition) is 7. The summed E-state index contributed by atoms with van der Waals surface area (Å²) in [5.41, 5.74) is 0. The van der Waals surface area contributed by atoms with Crippen LogP contribution in [-0.4, -0.2) is 74.9 Å². The Labute approximate surface area is 143 Å². The molecule has 142 valence electrons. The van der Waals surface area contributed by atoms with Crippen molar-refractivity contribution in [2.45, 2.75) is 32.8 Å². The maximum atomic E-state index is 11.8. The molecule has 0 spiro atoms. The molecule has 10 heteroatoms. The molecule has 0 aromatic carbocycles. The molecule has 0 saturated heterocycles. The largest absolute Gasteiger partial charge is 0.472 e. The molecule has 1 N–H and O–H groups in total. The Morgan fingerprint density at radius 1 is 1.17 bits per heavy atom. The Balaban J connectivity index is 4.46. The van der Waals surface area contributed by atoms with Crippen LogP contribution in [0.4, 0.5) is 0 Å². The van der Waals surface area contributed by atoms with E-state index in [1.54, 1.807) is 0 Å². The number of quaternary nitrogens is 1. The lowest BCUT2D eigenvalue weighted by Gasteiger charge is -2.24. The van der Waals surface area contributed by atoms with Crippen LogP contribution in [0.1, 0.15) is 26.7 Å². The Morgan fingerprint density at radius 2 is 1.79 bits per heavy atom. The van der Waals surface area contributed by atoms with E-state index in [2.05, 4.69) is 0 Å². The number of ether oxygens (including phenoxy) is 2. The highest BCUT2D eigenvalue weighted by atomic mass is 31.2. The van der Waals surface area contributed by atoms with Crippen molar-refractivity contribution < 1.29 is 42.1 Å². The topological polar surface area (TPSA) is 108 Å². The van der Waals surface area contributed by atoms with Gasteiger partial charge in [0.15, 0.2) is 6.10 Å². The van der Waals surface area contributed by atoms with E-state index in [4.69, 9.17) is 18.5 Å². The second-order valence-electron chi connectivity index (χ2n) is 6.28. The van der Waals surface area contributed by atoms with Gasteiger partial charge in [-0.05, 0) is 6.42 Å². The molecule has 2 atom stereocenters. The number of likely N-dealkylation sites (N-methyl/N-ethyl adjacent to an activating group) is 1. The van der Waals surface area contributed by atoms with Crippen LogP contribution in [0, 0.1) is 0 Å². The molecule has 0 aliphatic heterocycles. The average molecular weight is 370 g/mol. The van der Waals surface area contributed by atoms with Crippen molar-refractivity contribution in [1.82, 2.24) is 0 Å². The highest BCUT2D eigenvalue weighted by Crippen LogP contribution is 2.43. The highest BCUT2D eigenvalue weighted by Gasteiger charge is 2.26. The SMILES string of the molecule is CCCC(=O)OC(COC(C)=O)COP(=O)(O)OCC[N+](C)(C)C. The zero-order valence-electron chi connectivity index (χ0n) is 15.0. The molecule has 0 aromatic rings. The quantitative estimate of drug-likeness (QED) is 0.309. The van der Waals surface area contributed by atoms with Gasteiger partial charge in [0.2, 0.25) is 0 Å². The van der Waals surface area contributed by atoms with E-state index in [0.29, 0.717) is 17.4 Å². The van der Waals surface area contributed by atoms with Crippen LogP contribution >= 0.6 is 7.82 Å². The van der Waals surface area contributed by atoms with Gasteiger partial charge in [-0.1, -0.05) is 6.92 Å². The summed E-state index contributed by atoms with van der Waals surface area (Å²) >= 11 is 0. The number of carbonyl (C=O) groups is 2. The third-order valence-electron chi connectivity index (χ3n) is 2.66. The van der Waals surface area contributed by atoms with Gasteiger partial charge in [-0.15, -0.1) is 0 Å². The van der Waals surface area contributed by atoms with Crippen molar-refractivity contribution in [1.29, 1.82) is 0 Å². The third kappa shape index (κ3) is 13.4. The lowest BCUT2D eigenvalue weighted by Crippen LogP contribution is -2.37. The zero-order valence-corrected chi connectivity index (χ0v) is 15.9. The molecule has 24 heavy (non-hydrogen) atoms. The van der Waals surface area contributed by atoms with Crippen LogP contribution in [0.3, 0.4) is 0 Å². The Kier molecular flexibility index (Phi) is 10.3. The molecule has 0 radical (unpaired) electrons. The van der Waals surface area contributed by atoms with Gasteiger partial charge >= 0.3 is 19.8 Å². The van der Waals surface area contributed by atoms with Crippen LogP contribution in [0.25, 0.3) is 0 Å². The van der Waals surface area contributed by atoms with E-state index < -0.39 is 32.5 Å². The number of phosphoric ester groups is 1. The first kappa shape index (κ1) is 23.0. The van der Waals surface area contributed by atoms with Crippen LogP contribution < -0.4 is 0 Å². The minimum Gasteiger partial charge on any atom is -0.462 e. The molecule has 0 heterocycles. The van der Waals surface area contributed by atoms with Crippen molar-refractivity contribution in [3.8, 4) is 0 Å². The summed E-state index contributed by atoms with van der Waals surface area (Å²) in [4.78, 5) is 32.0. The van der Waals surface area contributed by atoms with E-state index in [1.807, 2.05) is 28.1 Å². The molecule has 0 aliphatic carbocycles. The number of carbonyl (C=O) groups excluding carboxylic acids is 2. The fourth-order valence-corrected chi connectivity index (χ4v) is 2.16. The monoisotopic (exact) mass is 370 g/mol. The Hall–Kier alpha value is -0.990. The third-order valence-corrected chi connectivity index (χ3v) is 3.65. The fourth-order valence-electron chi connectivity index (χ4n) is 1.42. The number of phosphoric acid groups is 1. The minimum atomic E-state index is -4.28. The van der Waals surface area contributed by atoms with E-state index in [1.165, 1.54) is 6.92 Å². The van der Waals surface area contributed by atoms with Gasteiger partial charge in [-0.25, -0.2) is 4.57 Å². The minimum absolute atomic E-state index is 0.0293. The number of nitrogens with zero attached hydrogens (tertiary/aromatic N) is 1. The predicted octanol–water partition coefficient (Wildman–Crippen LogP) is 1.10. The van der Waals surface area contributed by atoms with Gasteiger partial charge in [0.1, 0.15) is 19.8 Å². The smallest absolute Gasteiger partial charge is 0.462 e. The van der Waals surface area contributed by atoms with Crippen LogP contribution in [-0.2, 0) is 32.7 Å². The zero-order chi connectivity index (χ0) is 18.8. The van der Waals surface area contributed by atoms with Crippen molar-refractivity contribution in [3.05, 3.63) is 0 Å². The van der Waals surface area contributed by atoms with Crippen molar-refractivity contribution in [2.24, 2.45) is 0 Å². The standard InChI is InChI=1S/C14H28NO8P/c1-6-7-14(17)23-13(10-20-12(2)16)11-22-24(18,19)21-9-8-15(3,4)5/h13H,6-11H2,1-5H3/p+1. The molecular formula is C14H29NO8P+. The number of rotatable bonds is 12.